The van der Waals surface area contributed by atoms with Crippen molar-refractivity contribution in [2.45, 2.75) is 13.8 Å². The number of fused-ring (bicyclic) bond motifs is 1. The van der Waals surface area contributed by atoms with Gasteiger partial charge in [-0.05, 0) is 30.7 Å². The lowest BCUT2D eigenvalue weighted by Crippen LogP contribution is -1.96. The van der Waals surface area contributed by atoms with Crippen LogP contribution in [0.25, 0.3) is 10.8 Å². The first kappa shape index (κ1) is 14.2. The SMILES string of the molecule is CCOCC.O=C(O)c1cccc2ccccc12. The van der Waals surface area contributed by atoms with Crippen LogP contribution in [0.3, 0.4) is 0 Å². The Kier molecular flexibility index (Phi) is 5.88. The summed E-state index contributed by atoms with van der Waals surface area (Å²) >= 11 is 0. The zero-order chi connectivity index (χ0) is 13.4. The van der Waals surface area contributed by atoms with Crippen molar-refractivity contribution < 1.29 is 14.6 Å². The van der Waals surface area contributed by atoms with Gasteiger partial charge in [0.1, 0.15) is 0 Å². The Morgan fingerprint density at radius 1 is 1.06 bits per heavy atom. The van der Waals surface area contributed by atoms with Gasteiger partial charge in [-0.25, -0.2) is 4.79 Å². The third-order valence-corrected chi connectivity index (χ3v) is 2.43. The average molecular weight is 246 g/mol. The van der Waals surface area contributed by atoms with E-state index < -0.39 is 5.97 Å². The van der Waals surface area contributed by atoms with Gasteiger partial charge in [0.2, 0.25) is 0 Å². The van der Waals surface area contributed by atoms with Gasteiger partial charge in [-0.15, -0.1) is 0 Å². The van der Waals surface area contributed by atoms with Gasteiger partial charge >= 0.3 is 5.97 Å². The largest absolute Gasteiger partial charge is 0.478 e. The zero-order valence-electron chi connectivity index (χ0n) is 10.7. The van der Waals surface area contributed by atoms with Gasteiger partial charge in [-0.3, -0.25) is 0 Å². The molecular weight excluding hydrogens is 228 g/mol. The van der Waals surface area contributed by atoms with Crippen LogP contribution >= 0.6 is 0 Å². The van der Waals surface area contributed by atoms with Gasteiger partial charge in [-0.2, -0.15) is 0 Å². The molecule has 0 saturated heterocycles. The van der Waals surface area contributed by atoms with Gasteiger partial charge in [0, 0.05) is 13.2 Å². The molecule has 0 aromatic heterocycles. The van der Waals surface area contributed by atoms with E-state index in [1.807, 2.05) is 44.2 Å². The maximum atomic E-state index is 10.8. The summed E-state index contributed by atoms with van der Waals surface area (Å²) in [5, 5.41) is 10.6. The maximum absolute atomic E-state index is 10.8. The van der Waals surface area contributed by atoms with Crippen LogP contribution in [0, 0.1) is 0 Å². The fraction of sp³-hybridized carbons (Fsp3) is 0.267. The summed E-state index contributed by atoms with van der Waals surface area (Å²) in [6, 6.07) is 12.7. The first-order chi connectivity index (χ1) is 8.70. The number of hydrogen-bond acceptors (Lipinski definition) is 2. The molecule has 0 bridgehead atoms. The number of hydrogen-bond donors (Lipinski definition) is 1. The lowest BCUT2D eigenvalue weighted by molar-refractivity contribution is 0.0699. The molecule has 0 saturated carbocycles. The fourth-order valence-corrected chi connectivity index (χ4v) is 1.62. The van der Waals surface area contributed by atoms with Crippen molar-refractivity contribution in [3.8, 4) is 0 Å². The van der Waals surface area contributed by atoms with E-state index in [0.29, 0.717) is 5.56 Å². The third-order valence-electron chi connectivity index (χ3n) is 2.43. The van der Waals surface area contributed by atoms with E-state index in [4.69, 9.17) is 9.84 Å². The molecule has 0 heterocycles. The number of carboxylic acid groups (broad SMARTS) is 1. The first-order valence-electron chi connectivity index (χ1n) is 5.99. The van der Waals surface area contributed by atoms with E-state index in [1.165, 1.54) is 0 Å². The Morgan fingerprint density at radius 2 is 1.67 bits per heavy atom. The van der Waals surface area contributed by atoms with Crippen LogP contribution in [0.2, 0.25) is 0 Å². The molecular formula is C15H18O3. The van der Waals surface area contributed by atoms with E-state index in [9.17, 15) is 4.79 Å². The summed E-state index contributed by atoms with van der Waals surface area (Å²) in [7, 11) is 0. The van der Waals surface area contributed by atoms with Crippen molar-refractivity contribution in [3.63, 3.8) is 0 Å². The average Bonchev–Trinajstić information content (AvgIpc) is 2.39. The highest BCUT2D eigenvalue weighted by atomic mass is 16.5. The second-order valence-corrected chi connectivity index (χ2v) is 3.61. The third kappa shape index (κ3) is 3.86. The van der Waals surface area contributed by atoms with Crippen molar-refractivity contribution in [1.82, 2.24) is 0 Å². The molecule has 0 amide bonds. The van der Waals surface area contributed by atoms with Crippen molar-refractivity contribution in [2.24, 2.45) is 0 Å². The van der Waals surface area contributed by atoms with Crippen LogP contribution in [0.4, 0.5) is 0 Å². The second kappa shape index (κ2) is 7.45. The van der Waals surface area contributed by atoms with E-state index in [2.05, 4.69) is 0 Å². The Morgan fingerprint density at radius 3 is 2.22 bits per heavy atom. The smallest absolute Gasteiger partial charge is 0.336 e. The van der Waals surface area contributed by atoms with Crippen molar-refractivity contribution in [1.29, 1.82) is 0 Å². The Balaban J connectivity index is 0.000000280. The molecule has 0 radical (unpaired) electrons. The topological polar surface area (TPSA) is 46.5 Å². The van der Waals surface area contributed by atoms with Crippen LogP contribution in [0.1, 0.15) is 24.2 Å². The summed E-state index contributed by atoms with van der Waals surface area (Å²) in [4.78, 5) is 10.8. The van der Waals surface area contributed by atoms with E-state index in [1.54, 1.807) is 12.1 Å². The highest BCUT2D eigenvalue weighted by Gasteiger charge is 2.05. The summed E-state index contributed by atoms with van der Waals surface area (Å²) in [6.07, 6.45) is 0. The molecule has 0 fully saturated rings. The fourth-order valence-electron chi connectivity index (χ4n) is 1.62. The monoisotopic (exact) mass is 246 g/mol. The highest BCUT2D eigenvalue weighted by Crippen LogP contribution is 2.17. The second-order valence-electron chi connectivity index (χ2n) is 3.61. The molecule has 96 valence electrons. The van der Waals surface area contributed by atoms with Crippen molar-refractivity contribution in [3.05, 3.63) is 48.0 Å². The van der Waals surface area contributed by atoms with Crippen LogP contribution < -0.4 is 0 Å². The Labute approximate surface area is 107 Å². The minimum absolute atomic E-state index is 0.359. The molecule has 0 spiro atoms. The van der Waals surface area contributed by atoms with Gasteiger partial charge < -0.3 is 9.84 Å². The summed E-state index contributed by atoms with van der Waals surface area (Å²) in [5.74, 6) is -0.878. The van der Waals surface area contributed by atoms with Gasteiger partial charge in [0.15, 0.2) is 0 Å². The predicted molar refractivity (Wildman–Crippen MR) is 73.1 cm³/mol. The van der Waals surface area contributed by atoms with E-state index >= 15 is 0 Å². The van der Waals surface area contributed by atoms with Gasteiger partial charge in [-0.1, -0.05) is 36.4 Å². The minimum Gasteiger partial charge on any atom is -0.478 e. The van der Waals surface area contributed by atoms with Gasteiger partial charge in [0.05, 0.1) is 5.56 Å². The summed E-state index contributed by atoms with van der Waals surface area (Å²) < 4.78 is 4.83. The standard InChI is InChI=1S/C11H8O2.C4H10O/c12-11(13)10-7-3-5-8-4-1-2-6-9(8)10;1-3-5-4-2/h1-7H,(H,12,13);3-4H2,1-2H3. The quantitative estimate of drug-likeness (QED) is 0.900. The van der Waals surface area contributed by atoms with E-state index in [-0.39, 0.29) is 0 Å². The number of ether oxygens (including phenoxy) is 1. The predicted octanol–water partition coefficient (Wildman–Crippen LogP) is 3.58. The number of rotatable bonds is 3. The lowest BCUT2D eigenvalue weighted by atomic mass is 10.1. The number of benzene rings is 2. The molecule has 1 N–H and O–H groups in total. The molecule has 0 aliphatic heterocycles. The molecule has 0 aliphatic rings. The molecule has 2 rings (SSSR count). The summed E-state index contributed by atoms with van der Waals surface area (Å²) in [5.41, 5.74) is 0.359. The zero-order valence-corrected chi connectivity index (χ0v) is 10.7. The molecule has 2 aromatic carbocycles. The summed E-state index contributed by atoms with van der Waals surface area (Å²) in [6.45, 7) is 5.67. The molecule has 3 nitrogen and oxygen atoms in total. The molecule has 18 heavy (non-hydrogen) atoms. The van der Waals surface area contributed by atoms with Crippen LogP contribution in [0.5, 0.6) is 0 Å². The lowest BCUT2D eigenvalue weighted by Gasteiger charge is -2.00. The molecule has 0 unspecified atom stereocenters. The highest BCUT2D eigenvalue weighted by molar-refractivity contribution is 6.03. The minimum atomic E-state index is -0.878. The number of carbonyl (C=O) groups is 1. The molecule has 3 heteroatoms. The van der Waals surface area contributed by atoms with Crippen molar-refractivity contribution >= 4 is 16.7 Å². The van der Waals surface area contributed by atoms with Crippen LogP contribution in [-0.4, -0.2) is 24.3 Å². The molecule has 0 atom stereocenters. The number of carboxylic acids is 1. The van der Waals surface area contributed by atoms with Gasteiger partial charge in [0.25, 0.3) is 0 Å². The van der Waals surface area contributed by atoms with E-state index in [0.717, 1.165) is 24.0 Å². The maximum Gasteiger partial charge on any atom is 0.336 e. The Bertz CT molecular complexity index is 499. The van der Waals surface area contributed by atoms with Crippen LogP contribution in [-0.2, 0) is 4.74 Å². The molecule has 2 aromatic rings. The first-order valence-corrected chi connectivity index (χ1v) is 5.99. The van der Waals surface area contributed by atoms with Crippen molar-refractivity contribution in [2.75, 3.05) is 13.2 Å². The number of aromatic carboxylic acids is 1. The van der Waals surface area contributed by atoms with Crippen LogP contribution in [0.15, 0.2) is 42.5 Å². The normalized spacial score (nSPS) is 9.67. The molecule has 0 aliphatic carbocycles. The Hall–Kier alpha value is -1.87.